The Hall–Kier alpha value is -1.65. The van der Waals surface area contributed by atoms with Gasteiger partial charge in [-0.3, -0.25) is 4.79 Å². The predicted octanol–water partition coefficient (Wildman–Crippen LogP) is 3.31. The molecule has 0 aromatic heterocycles. The Morgan fingerprint density at radius 2 is 1.84 bits per heavy atom. The van der Waals surface area contributed by atoms with Crippen molar-refractivity contribution in [1.29, 1.82) is 0 Å². The number of primary amides is 1. The van der Waals surface area contributed by atoms with E-state index in [0.717, 1.165) is 16.2 Å². The van der Waals surface area contributed by atoms with E-state index in [-0.39, 0.29) is 0 Å². The molecule has 0 heterocycles. The zero-order valence-corrected chi connectivity index (χ0v) is 11.7. The first-order valence-corrected chi connectivity index (χ1v) is 6.99. The summed E-state index contributed by atoms with van der Waals surface area (Å²) in [6.45, 7) is 0. The molecule has 0 bridgehead atoms. The highest BCUT2D eigenvalue weighted by molar-refractivity contribution is 7.98. The molecule has 1 amide bonds. The second-order valence-electron chi connectivity index (χ2n) is 4.04. The lowest BCUT2D eigenvalue weighted by molar-refractivity contribution is 0.100. The third-order valence-corrected chi connectivity index (χ3v) is 4.16. The van der Waals surface area contributed by atoms with Gasteiger partial charge in [-0.15, -0.1) is 11.8 Å². The summed E-state index contributed by atoms with van der Waals surface area (Å²) in [5.41, 5.74) is 13.1. The van der Waals surface area contributed by atoms with Crippen LogP contribution in [-0.4, -0.2) is 5.91 Å². The minimum atomic E-state index is -0.416. The average Bonchev–Trinajstić information content (AvgIpc) is 2.38. The van der Waals surface area contributed by atoms with Crippen LogP contribution in [0.5, 0.6) is 0 Å². The van der Waals surface area contributed by atoms with Crippen LogP contribution in [0, 0.1) is 0 Å². The molecule has 0 unspecified atom stereocenters. The smallest absolute Gasteiger partial charge is 0.248 e. The van der Waals surface area contributed by atoms with Gasteiger partial charge in [0, 0.05) is 21.9 Å². The molecule has 0 radical (unpaired) electrons. The highest BCUT2D eigenvalue weighted by atomic mass is 35.5. The van der Waals surface area contributed by atoms with Crippen LogP contribution in [0.1, 0.15) is 15.9 Å². The van der Waals surface area contributed by atoms with Crippen LogP contribution in [0.25, 0.3) is 0 Å². The summed E-state index contributed by atoms with van der Waals surface area (Å²) in [5, 5.41) is 0.652. The van der Waals surface area contributed by atoms with Gasteiger partial charge in [0.25, 0.3) is 0 Å². The molecule has 0 aliphatic rings. The summed E-state index contributed by atoms with van der Waals surface area (Å²) in [6.07, 6.45) is 0. The molecule has 98 valence electrons. The lowest BCUT2D eigenvalue weighted by Crippen LogP contribution is -2.10. The van der Waals surface area contributed by atoms with Gasteiger partial charge in [-0.05, 0) is 35.9 Å². The van der Waals surface area contributed by atoms with Crippen molar-refractivity contribution in [2.45, 2.75) is 10.6 Å². The van der Waals surface area contributed by atoms with E-state index in [1.165, 1.54) is 0 Å². The molecule has 0 atom stereocenters. The predicted molar refractivity (Wildman–Crippen MR) is 80.4 cm³/mol. The number of rotatable bonds is 4. The Balaban J connectivity index is 2.04. The molecule has 19 heavy (non-hydrogen) atoms. The van der Waals surface area contributed by atoms with Gasteiger partial charge in [-0.2, -0.15) is 0 Å². The Bertz CT molecular complexity index is 599. The van der Waals surface area contributed by atoms with Crippen LogP contribution in [0.2, 0.25) is 5.02 Å². The highest BCUT2D eigenvalue weighted by Crippen LogP contribution is 2.31. The minimum absolute atomic E-state index is 0.416. The van der Waals surface area contributed by atoms with Crippen molar-refractivity contribution >= 4 is 35.0 Å². The zero-order valence-electron chi connectivity index (χ0n) is 10.1. The topological polar surface area (TPSA) is 69.1 Å². The molecule has 2 rings (SSSR count). The lowest BCUT2D eigenvalue weighted by atomic mass is 10.1. The summed E-state index contributed by atoms with van der Waals surface area (Å²) in [4.78, 5) is 11.9. The number of anilines is 1. The number of benzene rings is 2. The fraction of sp³-hybridized carbons (Fsp3) is 0.0714. The van der Waals surface area contributed by atoms with E-state index in [4.69, 9.17) is 23.1 Å². The third kappa shape index (κ3) is 3.66. The number of nitrogen functional groups attached to an aromatic ring is 1. The van der Waals surface area contributed by atoms with E-state index in [9.17, 15) is 4.79 Å². The molecule has 2 aromatic carbocycles. The quantitative estimate of drug-likeness (QED) is 0.671. The fourth-order valence-electron chi connectivity index (χ4n) is 1.56. The first-order valence-electron chi connectivity index (χ1n) is 5.63. The number of hydrogen-bond acceptors (Lipinski definition) is 3. The Morgan fingerprint density at radius 1 is 1.16 bits per heavy atom. The molecule has 5 heteroatoms. The van der Waals surface area contributed by atoms with E-state index >= 15 is 0 Å². The van der Waals surface area contributed by atoms with Gasteiger partial charge in [0.1, 0.15) is 0 Å². The largest absolute Gasteiger partial charge is 0.399 e. The first kappa shape index (κ1) is 13.8. The Morgan fingerprint density at radius 3 is 2.42 bits per heavy atom. The van der Waals surface area contributed by atoms with Crippen molar-refractivity contribution in [3.8, 4) is 0 Å². The molecule has 0 aliphatic heterocycles. The van der Waals surface area contributed by atoms with Gasteiger partial charge in [0.2, 0.25) is 5.91 Å². The standard InChI is InChI=1S/C14H13ClN2OS/c15-12-7-11(16)5-6-13(12)19-8-9-1-3-10(4-2-9)14(17)18/h1-7H,8,16H2,(H2,17,18). The maximum Gasteiger partial charge on any atom is 0.248 e. The fourth-order valence-corrected chi connectivity index (χ4v) is 2.79. The number of hydrogen-bond donors (Lipinski definition) is 2. The van der Waals surface area contributed by atoms with Crippen molar-refractivity contribution < 1.29 is 4.79 Å². The molecule has 0 fully saturated rings. The van der Waals surface area contributed by atoms with Gasteiger partial charge in [0.05, 0.1) is 5.02 Å². The molecule has 0 spiro atoms. The highest BCUT2D eigenvalue weighted by Gasteiger charge is 2.03. The zero-order chi connectivity index (χ0) is 13.8. The summed E-state index contributed by atoms with van der Waals surface area (Å²) < 4.78 is 0. The Kier molecular flexibility index (Phi) is 4.35. The number of carbonyl (C=O) groups is 1. The molecular formula is C14H13ClN2OS. The van der Waals surface area contributed by atoms with Gasteiger partial charge in [0.15, 0.2) is 0 Å². The number of carbonyl (C=O) groups excluding carboxylic acids is 1. The van der Waals surface area contributed by atoms with Crippen molar-refractivity contribution in [2.24, 2.45) is 5.73 Å². The van der Waals surface area contributed by atoms with Gasteiger partial charge in [-0.25, -0.2) is 0 Å². The van der Waals surface area contributed by atoms with Crippen molar-refractivity contribution in [3.05, 3.63) is 58.6 Å². The van der Waals surface area contributed by atoms with E-state index in [1.54, 1.807) is 30.0 Å². The molecule has 4 N–H and O–H groups in total. The van der Waals surface area contributed by atoms with Crippen LogP contribution in [-0.2, 0) is 5.75 Å². The lowest BCUT2D eigenvalue weighted by Gasteiger charge is -2.05. The maximum atomic E-state index is 11.0. The van der Waals surface area contributed by atoms with Crippen LogP contribution in [0.4, 0.5) is 5.69 Å². The van der Waals surface area contributed by atoms with Crippen molar-refractivity contribution in [1.82, 2.24) is 0 Å². The first-order chi connectivity index (χ1) is 9.06. The normalized spacial score (nSPS) is 10.4. The van der Waals surface area contributed by atoms with E-state index < -0.39 is 5.91 Å². The van der Waals surface area contributed by atoms with E-state index in [1.807, 2.05) is 24.3 Å². The van der Waals surface area contributed by atoms with Gasteiger partial charge < -0.3 is 11.5 Å². The summed E-state index contributed by atoms with van der Waals surface area (Å²) in [5.74, 6) is 0.351. The average molecular weight is 293 g/mol. The van der Waals surface area contributed by atoms with Crippen LogP contribution in [0.15, 0.2) is 47.4 Å². The monoisotopic (exact) mass is 292 g/mol. The number of amides is 1. The van der Waals surface area contributed by atoms with E-state index in [0.29, 0.717) is 16.3 Å². The Labute approximate surface area is 120 Å². The van der Waals surface area contributed by atoms with Crippen molar-refractivity contribution in [2.75, 3.05) is 5.73 Å². The maximum absolute atomic E-state index is 11.0. The second-order valence-corrected chi connectivity index (χ2v) is 5.46. The molecule has 0 saturated carbocycles. The molecule has 3 nitrogen and oxygen atoms in total. The van der Waals surface area contributed by atoms with Crippen LogP contribution in [0.3, 0.4) is 0 Å². The number of halogens is 1. The molecule has 0 saturated heterocycles. The van der Waals surface area contributed by atoms with Crippen molar-refractivity contribution in [3.63, 3.8) is 0 Å². The second kappa shape index (κ2) is 5.99. The van der Waals surface area contributed by atoms with Gasteiger partial charge in [-0.1, -0.05) is 23.7 Å². The minimum Gasteiger partial charge on any atom is -0.399 e. The molecular weight excluding hydrogens is 280 g/mol. The SMILES string of the molecule is NC(=O)c1ccc(CSc2ccc(N)cc2Cl)cc1. The van der Waals surface area contributed by atoms with Crippen LogP contribution >= 0.6 is 23.4 Å². The summed E-state index contributed by atoms with van der Waals surface area (Å²) >= 11 is 7.72. The summed E-state index contributed by atoms with van der Waals surface area (Å²) in [6, 6.07) is 12.7. The summed E-state index contributed by atoms with van der Waals surface area (Å²) in [7, 11) is 0. The van der Waals surface area contributed by atoms with Gasteiger partial charge >= 0.3 is 0 Å². The van der Waals surface area contributed by atoms with Crippen LogP contribution < -0.4 is 11.5 Å². The number of nitrogens with two attached hydrogens (primary N) is 2. The molecule has 0 aliphatic carbocycles. The molecule has 2 aromatic rings. The van der Waals surface area contributed by atoms with E-state index in [2.05, 4.69) is 0 Å². The third-order valence-electron chi connectivity index (χ3n) is 2.59. The number of thioether (sulfide) groups is 1.